The molecule has 3 aliphatic rings. The van der Waals surface area contributed by atoms with Crippen molar-refractivity contribution in [1.29, 1.82) is 0 Å². The molecular weight excluding hydrogens is 344 g/mol. The van der Waals surface area contributed by atoms with Gasteiger partial charge in [0.05, 0.1) is 0 Å². The molecule has 2 amide bonds. The topological polar surface area (TPSA) is 65.1 Å². The molecule has 7 heteroatoms. The van der Waals surface area contributed by atoms with Crippen molar-refractivity contribution in [2.75, 3.05) is 57.3 Å². The molecule has 0 saturated carbocycles. The minimum Gasteiger partial charge on any atom is -0.484 e. The number of rotatable bonds is 5. The number of nitrogens with one attached hydrogen (secondary N) is 1. The Kier molecular flexibility index (Phi) is 5.59. The number of hydrogen-bond acceptors (Lipinski definition) is 5. The summed E-state index contributed by atoms with van der Waals surface area (Å²) in [4.78, 5) is 30.5. The van der Waals surface area contributed by atoms with E-state index < -0.39 is 0 Å². The quantitative estimate of drug-likeness (QED) is 0.824. The second-order valence-corrected chi connectivity index (χ2v) is 7.50. The molecular formula is C20H28N4O3. The molecule has 1 aromatic carbocycles. The zero-order valence-corrected chi connectivity index (χ0v) is 15.7. The smallest absolute Gasteiger partial charge is 0.260 e. The Bertz CT molecular complexity index is 672. The van der Waals surface area contributed by atoms with Crippen molar-refractivity contribution in [2.24, 2.45) is 0 Å². The van der Waals surface area contributed by atoms with Gasteiger partial charge in [-0.15, -0.1) is 0 Å². The lowest BCUT2D eigenvalue weighted by molar-refractivity contribution is -0.132. The summed E-state index contributed by atoms with van der Waals surface area (Å²) in [6.07, 6.45) is 2.58. The normalized spacial score (nSPS) is 23.9. The average Bonchev–Trinajstić information content (AvgIpc) is 3.37. The van der Waals surface area contributed by atoms with Crippen molar-refractivity contribution < 1.29 is 14.3 Å². The number of carbonyl (C=O) groups is 2. The molecule has 4 rings (SSSR count). The van der Waals surface area contributed by atoms with Crippen LogP contribution in [0.15, 0.2) is 24.3 Å². The fraction of sp³-hybridized carbons (Fsp3) is 0.600. The number of benzene rings is 1. The van der Waals surface area contributed by atoms with Crippen molar-refractivity contribution in [3.63, 3.8) is 0 Å². The maximum atomic E-state index is 12.5. The highest BCUT2D eigenvalue weighted by Crippen LogP contribution is 2.24. The molecule has 0 aliphatic carbocycles. The number of ether oxygens (including phenoxy) is 1. The van der Waals surface area contributed by atoms with Gasteiger partial charge in [0.25, 0.3) is 5.91 Å². The number of piperazine rings is 1. The molecule has 0 aromatic heterocycles. The predicted octanol–water partition coefficient (Wildman–Crippen LogP) is 0.698. The van der Waals surface area contributed by atoms with Crippen molar-refractivity contribution in [3.05, 3.63) is 24.3 Å². The Balaban J connectivity index is 1.25. The number of anilines is 1. The fourth-order valence-corrected chi connectivity index (χ4v) is 4.19. The largest absolute Gasteiger partial charge is 0.484 e. The number of carbonyl (C=O) groups excluding carboxylic acids is 2. The van der Waals surface area contributed by atoms with E-state index in [9.17, 15) is 9.59 Å². The van der Waals surface area contributed by atoms with Gasteiger partial charge >= 0.3 is 0 Å². The van der Waals surface area contributed by atoms with E-state index in [1.54, 1.807) is 4.90 Å². The number of nitrogens with zero attached hydrogens (tertiary/aromatic N) is 3. The van der Waals surface area contributed by atoms with E-state index in [4.69, 9.17) is 4.74 Å². The summed E-state index contributed by atoms with van der Waals surface area (Å²) in [5.41, 5.74) is 0.898. The van der Waals surface area contributed by atoms with Crippen LogP contribution in [0.1, 0.15) is 19.3 Å². The van der Waals surface area contributed by atoms with E-state index in [1.165, 1.54) is 0 Å². The summed E-state index contributed by atoms with van der Waals surface area (Å²) in [6, 6.07) is 7.93. The first kappa shape index (κ1) is 18.3. The van der Waals surface area contributed by atoms with E-state index in [-0.39, 0.29) is 18.4 Å². The molecule has 1 unspecified atom stereocenters. The molecule has 0 spiro atoms. The molecule has 1 atom stereocenters. The van der Waals surface area contributed by atoms with Gasteiger partial charge in [0.1, 0.15) is 5.75 Å². The van der Waals surface area contributed by atoms with Crippen LogP contribution in [0.4, 0.5) is 5.69 Å². The Labute approximate surface area is 160 Å². The van der Waals surface area contributed by atoms with Crippen LogP contribution in [0, 0.1) is 0 Å². The third-order valence-electron chi connectivity index (χ3n) is 5.77. The number of amides is 2. The van der Waals surface area contributed by atoms with Gasteiger partial charge in [0, 0.05) is 64.0 Å². The summed E-state index contributed by atoms with van der Waals surface area (Å²) in [6.45, 7) is 6.66. The van der Waals surface area contributed by atoms with E-state index >= 15 is 0 Å². The van der Waals surface area contributed by atoms with Gasteiger partial charge in [-0.25, -0.2) is 0 Å². The molecule has 3 aliphatic heterocycles. The predicted molar refractivity (Wildman–Crippen MR) is 103 cm³/mol. The zero-order chi connectivity index (χ0) is 18.6. The van der Waals surface area contributed by atoms with Crippen LogP contribution >= 0.6 is 0 Å². The molecule has 27 heavy (non-hydrogen) atoms. The van der Waals surface area contributed by atoms with Crippen LogP contribution in [0.3, 0.4) is 0 Å². The van der Waals surface area contributed by atoms with Crippen molar-refractivity contribution in [3.8, 4) is 5.75 Å². The Morgan fingerprint density at radius 3 is 2.59 bits per heavy atom. The standard InChI is InChI=1S/C20H28N4O3/c25-19-2-1-10-24(19)16-3-5-18(6-4-16)27-15-20(26)23-11-7-17(14-23)22-12-8-21-9-13-22/h3-6,17,21H,1-2,7-15H2. The van der Waals surface area contributed by atoms with E-state index in [0.29, 0.717) is 18.2 Å². The Morgan fingerprint density at radius 2 is 1.89 bits per heavy atom. The summed E-state index contributed by atoms with van der Waals surface area (Å²) in [5, 5.41) is 3.37. The maximum Gasteiger partial charge on any atom is 0.260 e. The SMILES string of the molecule is O=C(COc1ccc(N2CCCC2=O)cc1)N1CCC(N2CCNCC2)C1. The molecule has 146 valence electrons. The maximum absolute atomic E-state index is 12.5. The summed E-state index contributed by atoms with van der Waals surface area (Å²) in [5.74, 6) is 0.884. The van der Waals surface area contributed by atoms with Crippen LogP contribution < -0.4 is 15.0 Å². The summed E-state index contributed by atoms with van der Waals surface area (Å²) in [7, 11) is 0. The molecule has 0 radical (unpaired) electrons. The van der Waals surface area contributed by atoms with E-state index in [1.807, 2.05) is 29.2 Å². The van der Waals surface area contributed by atoms with Crippen molar-refractivity contribution in [1.82, 2.24) is 15.1 Å². The third kappa shape index (κ3) is 4.25. The minimum absolute atomic E-state index is 0.0476. The van der Waals surface area contributed by atoms with Crippen LogP contribution in [0.5, 0.6) is 5.75 Å². The summed E-state index contributed by atoms with van der Waals surface area (Å²) >= 11 is 0. The summed E-state index contributed by atoms with van der Waals surface area (Å²) < 4.78 is 5.69. The van der Waals surface area contributed by atoms with E-state index in [2.05, 4.69) is 10.2 Å². The first-order valence-electron chi connectivity index (χ1n) is 9.96. The van der Waals surface area contributed by atoms with E-state index in [0.717, 1.165) is 64.3 Å². The molecule has 1 aromatic rings. The first-order chi connectivity index (χ1) is 13.2. The molecule has 3 fully saturated rings. The highest BCUT2D eigenvalue weighted by Gasteiger charge is 2.31. The van der Waals surface area contributed by atoms with Crippen molar-refractivity contribution in [2.45, 2.75) is 25.3 Å². The highest BCUT2D eigenvalue weighted by atomic mass is 16.5. The lowest BCUT2D eigenvalue weighted by atomic mass is 10.2. The molecule has 7 nitrogen and oxygen atoms in total. The monoisotopic (exact) mass is 372 g/mol. The average molecular weight is 372 g/mol. The Morgan fingerprint density at radius 1 is 1.11 bits per heavy atom. The second kappa shape index (κ2) is 8.27. The number of likely N-dealkylation sites (tertiary alicyclic amines) is 1. The second-order valence-electron chi connectivity index (χ2n) is 7.50. The minimum atomic E-state index is 0.0476. The lowest BCUT2D eigenvalue weighted by Gasteiger charge is -2.32. The Hall–Kier alpha value is -2.12. The van der Waals surface area contributed by atoms with Gasteiger partial charge in [-0.1, -0.05) is 0 Å². The zero-order valence-electron chi connectivity index (χ0n) is 15.7. The first-order valence-corrected chi connectivity index (χ1v) is 9.96. The van der Waals surface area contributed by atoms with Gasteiger partial charge in [-0.05, 0) is 37.1 Å². The van der Waals surface area contributed by atoms with Gasteiger partial charge in [0.2, 0.25) is 5.91 Å². The fourth-order valence-electron chi connectivity index (χ4n) is 4.19. The molecule has 3 heterocycles. The molecule has 1 N–H and O–H groups in total. The van der Waals surface area contributed by atoms with Gasteiger partial charge in [0.15, 0.2) is 6.61 Å². The highest BCUT2D eigenvalue weighted by molar-refractivity contribution is 5.95. The van der Waals surface area contributed by atoms with Crippen LogP contribution in [-0.4, -0.2) is 80.1 Å². The van der Waals surface area contributed by atoms with Crippen LogP contribution in [0.25, 0.3) is 0 Å². The molecule has 3 saturated heterocycles. The lowest BCUT2D eigenvalue weighted by Crippen LogP contribution is -2.49. The van der Waals surface area contributed by atoms with Gasteiger partial charge in [-0.3, -0.25) is 14.5 Å². The van der Waals surface area contributed by atoms with Gasteiger partial charge < -0.3 is 19.9 Å². The van der Waals surface area contributed by atoms with Crippen LogP contribution in [0.2, 0.25) is 0 Å². The van der Waals surface area contributed by atoms with Gasteiger partial charge in [-0.2, -0.15) is 0 Å². The third-order valence-corrected chi connectivity index (χ3v) is 5.77. The van der Waals surface area contributed by atoms with Crippen molar-refractivity contribution >= 4 is 17.5 Å². The molecule has 0 bridgehead atoms. The van der Waals surface area contributed by atoms with Crippen LogP contribution in [-0.2, 0) is 9.59 Å². The number of hydrogen-bond donors (Lipinski definition) is 1.